The Morgan fingerprint density at radius 1 is 1.50 bits per heavy atom. The Morgan fingerprint density at radius 3 is 2.64 bits per heavy atom. The Labute approximate surface area is 87.1 Å². The van der Waals surface area contributed by atoms with Crippen LogP contribution in [0.3, 0.4) is 0 Å². The average molecular weight is 219 g/mol. The minimum absolute atomic E-state index is 0.629. The summed E-state index contributed by atoms with van der Waals surface area (Å²) in [6.45, 7) is 4.48. The summed E-state index contributed by atoms with van der Waals surface area (Å²) in [6.07, 6.45) is -1.47. The van der Waals surface area contributed by atoms with E-state index in [9.17, 15) is 8.78 Å². The standard InChI is InChI=1S/C10H15F2NS/c1-3-5-13-9(10(11)12)8-4-6-14-7(8)2/h4,6,9-10,13H,3,5H2,1-2H3. The number of nitrogens with one attached hydrogen (secondary N) is 1. The molecule has 0 spiro atoms. The van der Waals surface area contributed by atoms with Gasteiger partial charge in [-0.15, -0.1) is 11.3 Å². The van der Waals surface area contributed by atoms with Gasteiger partial charge in [-0.2, -0.15) is 0 Å². The van der Waals surface area contributed by atoms with Crippen molar-refractivity contribution < 1.29 is 8.78 Å². The van der Waals surface area contributed by atoms with Gasteiger partial charge in [-0.05, 0) is 36.9 Å². The fourth-order valence-electron chi connectivity index (χ4n) is 1.35. The predicted molar refractivity (Wildman–Crippen MR) is 56.1 cm³/mol. The zero-order valence-electron chi connectivity index (χ0n) is 8.39. The van der Waals surface area contributed by atoms with Crippen molar-refractivity contribution in [3.8, 4) is 0 Å². The van der Waals surface area contributed by atoms with E-state index >= 15 is 0 Å². The molecule has 1 unspecified atom stereocenters. The molecule has 0 fully saturated rings. The van der Waals surface area contributed by atoms with Crippen LogP contribution in [-0.4, -0.2) is 13.0 Å². The molecule has 1 nitrogen and oxygen atoms in total. The summed E-state index contributed by atoms with van der Waals surface area (Å²) >= 11 is 1.51. The van der Waals surface area contributed by atoms with Gasteiger partial charge in [-0.1, -0.05) is 6.92 Å². The van der Waals surface area contributed by atoms with E-state index in [0.29, 0.717) is 6.54 Å². The highest BCUT2D eigenvalue weighted by Crippen LogP contribution is 2.27. The molecule has 1 aromatic heterocycles. The number of rotatable bonds is 5. The van der Waals surface area contributed by atoms with Crippen molar-refractivity contribution in [2.75, 3.05) is 6.54 Å². The molecule has 0 saturated heterocycles. The first-order valence-corrected chi connectivity index (χ1v) is 5.60. The van der Waals surface area contributed by atoms with E-state index in [1.54, 1.807) is 6.07 Å². The smallest absolute Gasteiger partial charge is 0.257 e. The van der Waals surface area contributed by atoms with E-state index in [0.717, 1.165) is 16.9 Å². The lowest BCUT2D eigenvalue weighted by Gasteiger charge is -2.17. The lowest BCUT2D eigenvalue weighted by molar-refractivity contribution is 0.0984. The normalized spacial score (nSPS) is 13.5. The first kappa shape index (κ1) is 11.6. The fraction of sp³-hybridized carbons (Fsp3) is 0.600. The van der Waals surface area contributed by atoms with Crippen molar-refractivity contribution >= 4 is 11.3 Å². The van der Waals surface area contributed by atoms with Gasteiger partial charge in [0.1, 0.15) is 0 Å². The number of thiophene rings is 1. The average Bonchev–Trinajstić information content (AvgIpc) is 2.52. The third kappa shape index (κ3) is 2.75. The van der Waals surface area contributed by atoms with Crippen molar-refractivity contribution in [3.63, 3.8) is 0 Å². The third-order valence-electron chi connectivity index (χ3n) is 2.10. The van der Waals surface area contributed by atoms with Crippen LogP contribution in [-0.2, 0) is 0 Å². The Bertz CT molecular complexity index is 273. The second kappa shape index (κ2) is 5.41. The maximum absolute atomic E-state index is 12.7. The highest BCUT2D eigenvalue weighted by atomic mass is 32.1. The molecule has 1 atom stereocenters. The van der Waals surface area contributed by atoms with Crippen molar-refractivity contribution in [3.05, 3.63) is 21.9 Å². The first-order valence-electron chi connectivity index (χ1n) is 4.72. The molecule has 14 heavy (non-hydrogen) atoms. The molecule has 1 heterocycles. The molecular formula is C10H15F2NS. The maximum Gasteiger partial charge on any atom is 0.257 e. The summed E-state index contributed by atoms with van der Waals surface area (Å²) in [5, 5.41) is 4.72. The zero-order chi connectivity index (χ0) is 10.6. The van der Waals surface area contributed by atoms with Crippen LogP contribution < -0.4 is 5.32 Å². The van der Waals surface area contributed by atoms with Crippen LogP contribution in [0.5, 0.6) is 0 Å². The summed E-state index contributed by atoms with van der Waals surface area (Å²) in [7, 11) is 0. The Morgan fingerprint density at radius 2 is 2.21 bits per heavy atom. The molecule has 0 aliphatic carbocycles. The van der Waals surface area contributed by atoms with Crippen LogP contribution in [0.15, 0.2) is 11.4 Å². The van der Waals surface area contributed by atoms with Crippen molar-refractivity contribution in [2.45, 2.75) is 32.7 Å². The maximum atomic E-state index is 12.7. The quantitative estimate of drug-likeness (QED) is 0.800. The molecule has 0 radical (unpaired) electrons. The number of alkyl halides is 2. The molecular weight excluding hydrogens is 204 g/mol. The van der Waals surface area contributed by atoms with Crippen LogP contribution in [0, 0.1) is 6.92 Å². The summed E-state index contributed by atoms with van der Waals surface area (Å²) in [5.74, 6) is 0. The van der Waals surface area contributed by atoms with Gasteiger partial charge in [0.25, 0.3) is 6.43 Å². The Kier molecular flexibility index (Phi) is 4.48. The second-order valence-corrected chi connectivity index (χ2v) is 4.32. The first-order chi connectivity index (χ1) is 6.66. The van der Waals surface area contributed by atoms with Gasteiger partial charge < -0.3 is 5.32 Å². The largest absolute Gasteiger partial charge is 0.305 e. The third-order valence-corrected chi connectivity index (χ3v) is 2.96. The number of hydrogen-bond donors (Lipinski definition) is 1. The van der Waals surface area contributed by atoms with Crippen LogP contribution in [0.25, 0.3) is 0 Å². The molecule has 1 N–H and O–H groups in total. The van der Waals surface area contributed by atoms with Gasteiger partial charge in [0.05, 0.1) is 6.04 Å². The van der Waals surface area contributed by atoms with Gasteiger partial charge in [0.2, 0.25) is 0 Å². The van der Waals surface area contributed by atoms with E-state index < -0.39 is 12.5 Å². The van der Waals surface area contributed by atoms with Gasteiger partial charge in [0.15, 0.2) is 0 Å². The lowest BCUT2D eigenvalue weighted by atomic mass is 10.1. The van der Waals surface area contributed by atoms with Crippen LogP contribution >= 0.6 is 11.3 Å². The van der Waals surface area contributed by atoms with Gasteiger partial charge >= 0.3 is 0 Å². The summed E-state index contributed by atoms with van der Waals surface area (Å²) < 4.78 is 25.4. The molecule has 80 valence electrons. The van der Waals surface area contributed by atoms with E-state index in [1.165, 1.54) is 11.3 Å². The summed E-state index contributed by atoms with van der Waals surface area (Å²) in [4.78, 5) is 0.971. The molecule has 0 aliphatic rings. The number of aryl methyl sites for hydroxylation is 1. The lowest BCUT2D eigenvalue weighted by Crippen LogP contribution is -2.28. The number of halogens is 2. The predicted octanol–water partition coefficient (Wildman–Crippen LogP) is 3.36. The molecule has 0 aromatic carbocycles. The summed E-state index contributed by atoms with van der Waals surface area (Å²) in [6, 6.07) is 0.973. The Balaban J connectivity index is 2.73. The van der Waals surface area contributed by atoms with Gasteiger partial charge in [-0.25, -0.2) is 8.78 Å². The molecule has 4 heteroatoms. The van der Waals surface area contributed by atoms with Gasteiger partial charge in [-0.3, -0.25) is 0 Å². The topological polar surface area (TPSA) is 12.0 Å². The minimum Gasteiger partial charge on any atom is -0.305 e. The van der Waals surface area contributed by atoms with E-state index in [1.807, 2.05) is 19.2 Å². The Hall–Kier alpha value is -0.480. The number of hydrogen-bond acceptors (Lipinski definition) is 2. The minimum atomic E-state index is -2.34. The van der Waals surface area contributed by atoms with Crippen molar-refractivity contribution in [1.29, 1.82) is 0 Å². The molecule has 0 aliphatic heterocycles. The van der Waals surface area contributed by atoms with Crippen molar-refractivity contribution in [1.82, 2.24) is 5.32 Å². The van der Waals surface area contributed by atoms with E-state index in [2.05, 4.69) is 5.32 Å². The summed E-state index contributed by atoms with van der Waals surface area (Å²) in [5.41, 5.74) is 0.735. The SMILES string of the molecule is CCCNC(c1ccsc1C)C(F)F. The van der Waals surface area contributed by atoms with E-state index in [-0.39, 0.29) is 0 Å². The molecule has 1 aromatic rings. The van der Waals surface area contributed by atoms with Crippen LogP contribution in [0.2, 0.25) is 0 Å². The molecule has 0 bridgehead atoms. The highest BCUT2D eigenvalue weighted by Gasteiger charge is 2.23. The molecule has 0 saturated carbocycles. The fourth-order valence-corrected chi connectivity index (χ4v) is 2.10. The van der Waals surface area contributed by atoms with E-state index in [4.69, 9.17) is 0 Å². The highest BCUT2D eigenvalue weighted by molar-refractivity contribution is 7.10. The monoisotopic (exact) mass is 219 g/mol. The van der Waals surface area contributed by atoms with Gasteiger partial charge in [0, 0.05) is 4.88 Å². The second-order valence-electron chi connectivity index (χ2n) is 3.20. The van der Waals surface area contributed by atoms with Crippen LogP contribution in [0.1, 0.15) is 29.8 Å². The zero-order valence-corrected chi connectivity index (χ0v) is 9.20. The molecule has 0 amide bonds. The van der Waals surface area contributed by atoms with Crippen molar-refractivity contribution in [2.24, 2.45) is 0 Å². The van der Waals surface area contributed by atoms with Crippen LogP contribution in [0.4, 0.5) is 8.78 Å². The molecule has 1 rings (SSSR count).